The monoisotopic (exact) mass is 590 g/mol. The first-order valence-corrected chi connectivity index (χ1v) is 16.4. The first-order chi connectivity index (χ1) is 22.8. The second-order valence-corrected chi connectivity index (χ2v) is 12.5. The van der Waals surface area contributed by atoms with Crippen LogP contribution in [-0.4, -0.2) is 9.13 Å². The van der Waals surface area contributed by atoms with E-state index in [2.05, 4.69) is 168 Å². The Morgan fingerprint density at radius 1 is 0.413 bits per heavy atom. The zero-order valence-corrected chi connectivity index (χ0v) is 25.9. The SMILES string of the molecule is CCCCc1ccc2c3ccc(-c4ccc5c(c4)c4ccccc4n5-c4ccc5ccccc5c4)cc3n(-c3ccccc3)c2c1. The third-order valence-corrected chi connectivity index (χ3v) is 9.66. The van der Waals surface area contributed by atoms with Crippen LogP contribution in [0.2, 0.25) is 0 Å². The molecule has 7 aromatic carbocycles. The van der Waals surface area contributed by atoms with Gasteiger partial charge < -0.3 is 9.13 Å². The van der Waals surface area contributed by atoms with E-state index in [1.807, 2.05) is 0 Å². The van der Waals surface area contributed by atoms with E-state index in [1.54, 1.807) is 0 Å². The number of hydrogen-bond donors (Lipinski definition) is 0. The summed E-state index contributed by atoms with van der Waals surface area (Å²) in [6.07, 6.45) is 3.52. The van der Waals surface area contributed by atoms with E-state index < -0.39 is 0 Å². The maximum Gasteiger partial charge on any atom is 0.0547 e. The molecule has 9 aromatic rings. The van der Waals surface area contributed by atoms with E-state index in [0.29, 0.717) is 0 Å². The molecule has 0 bridgehead atoms. The van der Waals surface area contributed by atoms with Gasteiger partial charge in [-0.2, -0.15) is 0 Å². The lowest BCUT2D eigenvalue weighted by Gasteiger charge is -2.11. The molecule has 0 radical (unpaired) electrons. The van der Waals surface area contributed by atoms with Crippen LogP contribution in [0.5, 0.6) is 0 Å². The van der Waals surface area contributed by atoms with Gasteiger partial charge in [0.2, 0.25) is 0 Å². The van der Waals surface area contributed by atoms with Crippen molar-refractivity contribution in [2.24, 2.45) is 0 Å². The van der Waals surface area contributed by atoms with E-state index in [1.165, 1.54) is 95.3 Å². The molecule has 220 valence electrons. The molecule has 0 fully saturated rings. The van der Waals surface area contributed by atoms with Gasteiger partial charge in [0.15, 0.2) is 0 Å². The summed E-state index contributed by atoms with van der Waals surface area (Å²) in [4.78, 5) is 0. The average Bonchev–Trinajstić information content (AvgIpc) is 3.62. The minimum atomic E-state index is 1.11. The van der Waals surface area contributed by atoms with E-state index in [-0.39, 0.29) is 0 Å². The lowest BCUT2D eigenvalue weighted by Crippen LogP contribution is -1.94. The van der Waals surface area contributed by atoms with Crippen molar-refractivity contribution in [3.05, 3.63) is 157 Å². The Bertz CT molecular complexity index is 2560. The minimum absolute atomic E-state index is 1.11. The molecule has 0 amide bonds. The first kappa shape index (κ1) is 26.8. The number of para-hydroxylation sites is 2. The van der Waals surface area contributed by atoms with Crippen molar-refractivity contribution in [1.82, 2.24) is 9.13 Å². The van der Waals surface area contributed by atoms with Crippen molar-refractivity contribution in [3.8, 4) is 22.5 Å². The summed E-state index contributed by atoms with van der Waals surface area (Å²) in [6, 6.07) is 56.0. The van der Waals surface area contributed by atoms with Crippen LogP contribution in [0.4, 0.5) is 0 Å². The molecule has 2 heteroatoms. The largest absolute Gasteiger partial charge is 0.309 e. The fraction of sp³-hybridized carbons (Fsp3) is 0.0909. The van der Waals surface area contributed by atoms with Crippen LogP contribution in [0.1, 0.15) is 25.3 Å². The number of aryl methyl sites for hydroxylation is 1. The fourth-order valence-electron chi connectivity index (χ4n) is 7.38. The molecule has 0 saturated heterocycles. The number of benzene rings is 7. The van der Waals surface area contributed by atoms with Crippen molar-refractivity contribution in [2.45, 2.75) is 26.2 Å². The fourth-order valence-corrected chi connectivity index (χ4v) is 7.38. The molecular formula is C44H34N2. The molecule has 0 N–H and O–H groups in total. The molecule has 0 aliphatic carbocycles. The molecule has 2 nitrogen and oxygen atoms in total. The van der Waals surface area contributed by atoms with Gasteiger partial charge in [0.1, 0.15) is 0 Å². The van der Waals surface area contributed by atoms with Gasteiger partial charge in [0.05, 0.1) is 22.1 Å². The zero-order valence-electron chi connectivity index (χ0n) is 25.9. The Kier molecular flexibility index (Phi) is 6.28. The van der Waals surface area contributed by atoms with E-state index in [0.717, 1.165) is 6.42 Å². The Hall–Kier alpha value is -5.60. The molecule has 2 heterocycles. The first-order valence-electron chi connectivity index (χ1n) is 16.4. The van der Waals surface area contributed by atoms with Gasteiger partial charge in [-0.15, -0.1) is 0 Å². The van der Waals surface area contributed by atoms with Crippen molar-refractivity contribution in [1.29, 1.82) is 0 Å². The highest BCUT2D eigenvalue weighted by atomic mass is 15.0. The Balaban J connectivity index is 1.24. The molecule has 0 aliphatic rings. The van der Waals surface area contributed by atoms with Crippen LogP contribution in [-0.2, 0) is 6.42 Å². The summed E-state index contributed by atoms with van der Waals surface area (Å²) >= 11 is 0. The number of hydrogen-bond acceptors (Lipinski definition) is 0. The molecular weight excluding hydrogens is 556 g/mol. The minimum Gasteiger partial charge on any atom is -0.309 e. The maximum absolute atomic E-state index is 2.45. The molecule has 46 heavy (non-hydrogen) atoms. The van der Waals surface area contributed by atoms with Gasteiger partial charge in [0, 0.05) is 32.9 Å². The van der Waals surface area contributed by atoms with Crippen molar-refractivity contribution in [2.75, 3.05) is 0 Å². The number of unbranched alkanes of at least 4 members (excludes halogenated alkanes) is 1. The number of rotatable bonds is 6. The molecule has 2 aromatic heterocycles. The Morgan fingerprint density at radius 3 is 1.93 bits per heavy atom. The normalized spacial score (nSPS) is 11.8. The lowest BCUT2D eigenvalue weighted by molar-refractivity contribution is 0.795. The third-order valence-electron chi connectivity index (χ3n) is 9.66. The Labute approximate surface area is 268 Å². The molecule has 0 saturated carbocycles. The highest BCUT2D eigenvalue weighted by Crippen LogP contribution is 2.38. The maximum atomic E-state index is 2.45. The predicted molar refractivity (Wildman–Crippen MR) is 197 cm³/mol. The van der Waals surface area contributed by atoms with Crippen LogP contribution in [0.15, 0.2) is 152 Å². The van der Waals surface area contributed by atoms with Gasteiger partial charge in [-0.3, -0.25) is 0 Å². The summed E-state index contributed by atoms with van der Waals surface area (Å²) in [5.41, 5.74) is 11.2. The number of fused-ring (bicyclic) bond motifs is 7. The predicted octanol–water partition coefficient (Wildman–Crippen LogP) is 12.0. The molecule has 0 spiro atoms. The smallest absolute Gasteiger partial charge is 0.0547 e. The highest BCUT2D eigenvalue weighted by Gasteiger charge is 2.16. The van der Waals surface area contributed by atoms with E-state index in [9.17, 15) is 0 Å². The third kappa shape index (κ3) is 4.25. The Morgan fingerprint density at radius 2 is 1.07 bits per heavy atom. The second kappa shape index (κ2) is 10.8. The molecule has 9 rings (SSSR count). The highest BCUT2D eigenvalue weighted by molar-refractivity contribution is 6.12. The van der Waals surface area contributed by atoms with Gasteiger partial charge in [-0.1, -0.05) is 110 Å². The molecule has 0 atom stereocenters. The van der Waals surface area contributed by atoms with E-state index in [4.69, 9.17) is 0 Å². The van der Waals surface area contributed by atoms with Gasteiger partial charge in [-0.05, 0) is 94.9 Å². The van der Waals surface area contributed by atoms with Gasteiger partial charge in [-0.25, -0.2) is 0 Å². The van der Waals surface area contributed by atoms with Gasteiger partial charge in [0.25, 0.3) is 0 Å². The topological polar surface area (TPSA) is 9.86 Å². The van der Waals surface area contributed by atoms with Crippen LogP contribution in [0.25, 0.3) is 76.9 Å². The summed E-state index contributed by atoms with van der Waals surface area (Å²) < 4.78 is 4.86. The van der Waals surface area contributed by atoms with Gasteiger partial charge >= 0.3 is 0 Å². The zero-order chi connectivity index (χ0) is 30.6. The standard InChI is InChI=1S/C44H34N2/c1-2-3-11-30-18-23-38-39-24-20-34(29-44(39)45(43(38)26-30)35-14-5-4-6-15-35)33-21-25-42-40(28-33)37-16-9-10-17-41(37)46(42)36-22-19-31-12-7-8-13-32(31)27-36/h4-10,12-29H,2-3,11H2,1H3. The summed E-state index contributed by atoms with van der Waals surface area (Å²) in [6.45, 7) is 2.26. The summed E-state index contributed by atoms with van der Waals surface area (Å²) in [5, 5.41) is 7.65. The van der Waals surface area contributed by atoms with Crippen molar-refractivity contribution >= 4 is 54.4 Å². The molecule has 0 unspecified atom stereocenters. The quantitative estimate of drug-likeness (QED) is 0.182. The average molecular weight is 591 g/mol. The summed E-state index contributed by atoms with van der Waals surface area (Å²) in [7, 11) is 0. The molecule has 0 aliphatic heterocycles. The van der Waals surface area contributed by atoms with Crippen LogP contribution < -0.4 is 0 Å². The number of aromatic nitrogens is 2. The van der Waals surface area contributed by atoms with E-state index >= 15 is 0 Å². The van der Waals surface area contributed by atoms with Crippen LogP contribution in [0, 0.1) is 0 Å². The second-order valence-electron chi connectivity index (χ2n) is 12.5. The lowest BCUT2D eigenvalue weighted by atomic mass is 10.0. The van der Waals surface area contributed by atoms with Crippen molar-refractivity contribution in [3.63, 3.8) is 0 Å². The number of nitrogens with zero attached hydrogens (tertiary/aromatic N) is 2. The summed E-state index contributed by atoms with van der Waals surface area (Å²) in [5.74, 6) is 0. The van der Waals surface area contributed by atoms with Crippen molar-refractivity contribution < 1.29 is 0 Å². The van der Waals surface area contributed by atoms with Crippen LogP contribution >= 0.6 is 0 Å². The van der Waals surface area contributed by atoms with Crippen LogP contribution in [0.3, 0.4) is 0 Å².